The van der Waals surface area contributed by atoms with Crippen molar-refractivity contribution in [1.82, 2.24) is 4.31 Å². The van der Waals surface area contributed by atoms with E-state index in [1.807, 2.05) is 0 Å². The fourth-order valence-corrected chi connectivity index (χ4v) is 4.97. The van der Waals surface area contributed by atoms with Gasteiger partial charge in [-0.05, 0) is 61.2 Å². The second-order valence-electron chi connectivity index (χ2n) is 7.68. The quantitative estimate of drug-likeness (QED) is 0.498. The van der Waals surface area contributed by atoms with Crippen LogP contribution in [0, 0.1) is 5.92 Å². The van der Waals surface area contributed by atoms with Gasteiger partial charge in [0.25, 0.3) is 0 Å². The lowest BCUT2D eigenvalue weighted by atomic mass is 10.0. The average molecular weight is 445 g/mol. The Labute approximate surface area is 180 Å². The SMILES string of the molecule is CC1CCN(S(=O)(=O)c2ccc(C(=O)OCC(=O)c3ccc4c(c3)OCO4)cc2)CC1. The van der Waals surface area contributed by atoms with Crippen LogP contribution in [0.3, 0.4) is 0 Å². The summed E-state index contributed by atoms with van der Waals surface area (Å²) >= 11 is 0. The maximum absolute atomic E-state index is 12.8. The summed E-state index contributed by atoms with van der Waals surface area (Å²) in [4.78, 5) is 24.7. The van der Waals surface area contributed by atoms with Gasteiger partial charge >= 0.3 is 5.97 Å². The molecule has 1 fully saturated rings. The molecule has 0 saturated carbocycles. The zero-order chi connectivity index (χ0) is 22.0. The zero-order valence-corrected chi connectivity index (χ0v) is 17.9. The molecule has 0 aromatic heterocycles. The van der Waals surface area contributed by atoms with E-state index in [2.05, 4.69) is 6.92 Å². The number of ether oxygens (including phenoxy) is 3. The number of hydrogen-bond acceptors (Lipinski definition) is 7. The van der Waals surface area contributed by atoms with Crippen LogP contribution in [-0.4, -0.2) is 51.0 Å². The number of esters is 1. The Bertz CT molecular complexity index is 1090. The standard InChI is InChI=1S/C22H23NO7S/c1-15-8-10-23(11-9-15)31(26,27)18-5-2-16(3-6-18)22(25)28-13-19(24)17-4-7-20-21(12-17)30-14-29-20/h2-7,12,15H,8-11,13-14H2,1H3. The van der Waals surface area contributed by atoms with Crippen molar-refractivity contribution in [2.75, 3.05) is 26.5 Å². The second-order valence-corrected chi connectivity index (χ2v) is 9.62. The monoisotopic (exact) mass is 445 g/mol. The number of Topliss-reactive ketones (excluding diaryl/α,β-unsaturated/α-hetero) is 1. The largest absolute Gasteiger partial charge is 0.454 e. The molecule has 31 heavy (non-hydrogen) atoms. The van der Waals surface area contributed by atoms with E-state index in [-0.39, 0.29) is 23.0 Å². The summed E-state index contributed by atoms with van der Waals surface area (Å²) in [6, 6.07) is 10.3. The molecule has 0 aliphatic carbocycles. The summed E-state index contributed by atoms with van der Waals surface area (Å²) in [5.41, 5.74) is 0.513. The van der Waals surface area contributed by atoms with Crippen LogP contribution in [0.1, 0.15) is 40.5 Å². The van der Waals surface area contributed by atoms with Crippen LogP contribution >= 0.6 is 0 Å². The number of hydrogen-bond donors (Lipinski definition) is 0. The highest BCUT2D eigenvalue weighted by molar-refractivity contribution is 7.89. The van der Waals surface area contributed by atoms with Gasteiger partial charge in [-0.2, -0.15) is 4.31 Å². The number of benzene rings is 2. The molecule has 2 heterocycles. The molecule has 9 heteroatoms. The zero-order valence-electron chi connectivity index (χ0n) is 17.1. The fraction of sp³-hybridized carbons (Fsp3) is 0.364. The first-order chi connectivity index (χ1) is 14.8. The number of ketones is 1. The molecule has 2 aliphatic heterocycles. The van der Waals surface area contributed by atoms with Crippen molar-refractivity contribution in [3.63, 3.8) is 0 Å². The van der Waals surface area contributed by atoms with Gasteiger partial charge in [-0.25, -0.2) is 13.2 Å². The summed E-state index contributed by atoms with van der Waals surface area (Å²) in [6.07, 6.45) is 1.67. The van der Waals surface area contributed by atoms with Gasteiger partial charge in [-0.3, -0.25) is 4.79 Å². The molecule has 8 nitrogen and oxygen atoms in total. The van der Waals surface area contributed by atoms with Crippen LogP contribution in [-0.2, 0) is 14.8 Å². The molecule has 0 unspecified atom stereocenters. The van der Waals surface area contributed by atoms with E-state index in [1.165, 1.54) is 28.6 Å². The molecule has 0 N–H and O–H groups in total. The Morgan fingerprint density at radius 2 is 1.65 bits per heavy atom. The first-order valence-corrected chi connectivity index (χ1v) is 11.5. The van der Waals surface area contributed by atoms with Crippen LogP contribution in [0.5, 0.6) is 11.5 Å². The third-order valence-corrected chi connectivity index (χ3v) is 7.41. The van der Waals surface area contributed by atoms with Crippen molar-refractivity contribution in [3.8, 4) is 11.5 Å². The number of carbonyl (C=O) groups is 2. The van der Waals surface area contributed by atoms with Crippen molar-refractivity contribution in [1.29, 1.82) is 0 Å². The van der Waals surface area contributed by atoms with E-state index in [0.29, 0.717) is 36.1 Å². The first-order valence-electron chi connectivity index (χ1n) is 10.0. The van der Waals surface area contributed by atoms with E-state index in [1.54, 1.807) is 18.2 Å². The minimum absolute atomic E-state index is 0.102. The van der Waals surface area contributed by atoms with Crippen LogP contribution in [0.2, 0.25) is 0 Å². The maximum atomic E-state index is 12.8. The predicted octanol–water partition coefficient (Wildman–Crippen LogP) is 2.88. The molecule has 0 spiro atoms. The van der Waals surface area contributed by atoms with Crippen molar-refractivity contribution in [2.24, 2.45) is 5.92 Å². The highest BCUT2D eigenvalue weighted by Gasteiger charge is 2.28. The summed E-state index contributed by atoms with van der Waals surface area (Å²) in [5.74, 6) is 0.457. The molecule has 2 aromatic rings. The number of nitrogens with zero attached hydrogens (tertiary/aromatic N) is 1. The Kier molecular flexibility index (Phi) is 5.97. The highest BCUT2D eigenvalue weighted by Crippen LogP contribution is 2.32. The summed E-state index contributed by atoms with van der Waals surface area (Å²) in [5, 5.41) is 0. The number of carbonyl (C=O) groups excluding carboxylic acids is 2. The van der Waals surface area contributed by atoms with E-state index in [0.717, 1.165) is 12.8 Å². The summed E-state index contributed by atoms with van der Waals surface area (Å²) < 4.78 is 42.6. The first kappa shape index (κ1) is 21.3. The molecule has 0 amide bonds. The Balaban J connectivity index is 1.36. The lowest BCUT2D eigenvalue weighted by Crippen LogP contribution is -2.37. The van der Waals surface area contributed by atoms with Crippen LogP contribution in [0.25, 0.3) is 0 Å². The lowest BCUT2D eigenvalue weighted by Gasteiger charge is -2.29. The van der Waals surface area contributed by atoms with Crippen molar-refractivity contribution < 1.29 is 32.2 Å². The van der Waals surface area contributed by atoms with Gasteiger partial charge in [0.05, 0.1) is 10.5 Å². The van der Waals surface area contributed by atoms with Gasteiger partial charge in [0.2, 0.25) is 16.8 Å². The molecule has 0 bridgehead atoms. The van der Waals surface area contributed by atoms with Gasteiger partial charge in [-0.15, -0.1) is 0 Å². The molecule has 2 aliphatic rings. The van der Waals surface area contributed by atoms with Crippen LogP contribution in [0.4, 0.5) is 0 Å². The second kappa shape index (κ2) is 8.68. The molecule has 164 valence electrons. The van der Waals surface area contributed by atoms with E-state index in [9.17, 15) is 18.0 Å². The topological polar surface area (TPSA) is 99.2 Å². The number of piperidine rings is 1. The third-order valence-electron chi connectivity index (χ3n) is 5.50. The maximum Gasteiger partial charge on any atom is 0.338 e. The van der Waals surface area contributed by atoms with Crippen molar-refractivity contribution in [3.05, 3.63) is 53.6 Å². The minimum atomic E-state index is -3.59. The Hall–Kier alpha value is -2.91. The van der Waals surface area contributed by atoms with Crippen LogP contribution < -0.4 is 9.47 Å². The third kappa shape index (κ3) is 4.57. The molecule has 2 aromatic carbocycles. The number of rotatable bonds is 6. The average Bonchev–Trinajstić information content (AvgIpc) is 3.25. The summed E-state index contributed by atoms with van der Waals surface area (Å²) in [6.45, 7) is 2.77. The molecular weight excluding hydrogens is 422 g/mol. The van der Waals surface area contributed by atoms with E-state index in [4.69, 9.17) is 14.2 Å². The molecule has 4 rings (SSSR count). The molecule has 0 radical (unpaired) electrons. The van der Waals surface area contributed by atoms with E-state index < -0.39 is 22.6 Å². The smallest absolute Gasteiger partial charge is 0.338 e. The van der Waals surface area contributed by atoms with Crippen LogP contribution in [0.15, 0.2) is 47.4 Å². The lowest BCUT2D eigenvalue weighted by molar-refractivity contribution is 0.0474. The predicted molar refractivity (Wildman–Crippen MR) is 111 cm³/mol. The van der Waals surface area contributed by atoms with Crippen molar-refractivity contribution >= 4 is 21.8 Å². The molecule has 1 saturated heterocycles. The van der Waals surface area contributed by atoms with Gasteiger partial charge in [-0.1, -0.05) is 6.92 Å². The Morgan fingerprint density at radius 1 is 1.00 bits per heavy atom. The number of fused-ring (bicyclic) bond motifs is 1. The number of sulfonamides is 1. The van der Waals surface area contributed by atoms with E-state index >= 15 is 0 Å². The normalized spacial score (nSPS) is 16.8. The van der Waals surface area contributed by atoms with Gasteiger partial charge < -0.3 is 14.2 Å². The van der Waals surface area contributed by atoms with Gasteiger partial charge in [0, 0.05) is 18.7 Å². The Morgan fingerprint density at radius 3 is 2.35 bits per heavy atom. The molecular formula is C22H23NO7S. The van der Waals surface area contributed by atoms with Gasteiger partial charge in [0.15, 0.2) is 23.9 Å². The van der Waals surface area contributed by atoms with Gasteiger partial charge in [0.1, 0.15) is 0 Å². The van der Waals surface area contributed by atoms with Crippen molar-refractivity contribution in [2.45, 2.75) is 24.7 Å². The summed E-state index contributed by atoms with van der Waals surface area (Å²) in [7, 11) is -3.59. The highest BCUT2D eigenvalue weighted by atomic mass is 32.2. The minimum Gasteiger partial charge on any atom is -0.454 e. The molecule has 0 atom stereocenters. The fourth-order valence-electron chi connectivity index (χ4n) is 3.51.